The number of hydrogen-bond donors (Lipinski definition) is 1. The third-order valence-electron chi connectivity index (χ3n) is 2.53. The van der Waals surface area contributed by atoms with Gasteiger partial charge >= 0.3 is 0 Å². The number of nitrogens with zero attached hydrogens (tertiary/aromatic N) is 1. The van der Waals surface area contributed by atoms with Crippen molar-refractivity contribution in [3.05, 3.63) is 5.21 Å². The van der Waals surface area contributed by atoms with Crippen LogP contribution in [0.1, 0.15) is 19.3 Å². The van der Waals surface area contributed by atoms with Gasteiger partial charge in [-0.2, -0.15) is 0 Å². The van der Waals surface area contributed by atoms with Crippen LogP contribution in [0.5, 0.6) is 0 Å². The van der Waals surface area contributed by atoms with E-state index in [0.717, 1.165) is 32.0 Å². The quantitative estimate of drug-likeness (QED) is 0.562. The van der Waals surface area contributed by atoms with Gasteiger partial charge in [-0.15, -0.1) is 12.4 Å². The molecule has 0 bridgehead atoms. The summed E-state index contributed by atoms with van der Waals surface area (Å²) in [6, 6.07) is 0. The molecule has 1 N–H and O–H groups in total. The van der Waals surface area contributed by atoms with Crippen LogP contribution in [0.15, 0.2) is 0 Å². The van der Waals surface area contributed by atoms with Crippen LogP contribution in [0, 0.1) is 11.1 Å². The molecular formula is C9H21ClN2O. The van der Waals surface area contributed by atoms with Gasteiger partial charge in [0, 0.05) is 0 Å². The second-order valence-corrected chi connectivity index (χ2v) is 4.28. The number of rotatable bonds is 3. The van der Waals surface area contributed by atoms with Crippen LogP contribution in [0.2, 0.25) is 0 Å². The Balaban J connectivity index is 0.00000144. The highest BCUT2D eigenvalue weighted by molar-refractivity contribution is 5.85. The Morgan fingerprint density at radius 2 is 1.85 bits per heavy atom. The van der Waals surface area contributed by atoms with Gasteiger partial charge in [-0.3, -0.25) is 0 Å². The number of hydrogen-bond acceptors (Lipinski definition) is 2. The zero-order valence-corrected chi connectivity index (χ0v) is 9.40. The van der Waals surface area contributed by atoms with Gasteiger partial charge < -0.3 is 15.2 Å². The third-order valence-corrected chi connectivity index (χ3v) is 2.53. The van der Waals surface area contributed by atoms with Crippen molar-refractivity contribution in [2.45, 2.75) is 19.3 Å². The first kappa shape index (κ1) is 13.2. The maximum absolute atomic E-state index is 11.3. The fraction of sp³-hybridized carbons (Fsp3) is 1.00. The maximum Gasteiger partial charge on any atom is 0.0782 e. The number of quaternary nitrogens is 1. The topological polar surface area (TPSA) is 35.1 Å². The number of piperidine rings is 1. The Morgan fingerprint density at radius 3 is 2.31 bits per heavy atom. The van der Waals surface area contributed by atoms with Crippen molar-refractivity contribution >= 4 is 12.4 Å². The molecule has 80 valence electrons. The smallest absolute Gasteiger partial charge is 0.0782 e. The first-order valence-electron chi connectivity index (χ1n) is 4.83. The summed E-state index contributed by atoms with van der Waals surface area (Å²) < 4.78 is -0.135. The molecule has 0 aliphatic carbocycles. The third kappa shape index (κ3) is 6.27. The summed E-state index contributed by atoms with van der Waals surface area (Å²) in [5.41, 5.74) is 0. The lowest BCUT2D eigenvalue weighted by molar-refractivity contribution is -0.840. The number of halogens is 1. The Bertz CT molecular complexity index is 130. The van der Waals surface area contributed by atoms with Crippen molar-refractivity contribution in [2.24, 2.45) is 5.92 Å². The lowest BCUT2D eigenvalue weighted by Crippen LogP contribution is -2.36. The van der Waals surface area contributed by atoms with Crippen LogP contribution in [0.4, 0.5) is 0 Å². The second-order valence-electron chi connectivity index (χ2n) is 4.28. The van der Waals surface area contributed by atoms with E-state index in [1.54, 1.807) is 14.1 Å². The summed E-state index contributed by atoms with van der Waals surface area (Å²) in [6.45, 7) is 3.04. The highest BCUT2D eigenvalue weighted by Crippen LogP contribution is 2.16. The van der Waals surface area contributed by atoms with Gasteiger partial charge in [-0.05, 0) is 38.3 Å². The maximum atomic E-state index is 11.3. The molecule has 0 radical (unpaired) electrons. The first-order chi connectivity index (χ1) is 5.58. The lowest BCUT2D eigenvalue weighted by Gasteiger charge is -2.35. The van der Waals surface area contributed by atoms with Crippen molar-refractivity contribution < 1.29 is 4.65 Å². The minimum absolute atomic E-state index is 0. The molecule has 1 saturated heterocycles. The molecule has 3 nitrogen and oxygen atoms in total. The fourth-order valence-corrected chi connectivity index (χ4v) is 1.66. The Kier molecular flexibility index (Phi) is 5.88. The zero-order chi connectivity index (χ0) is 9.03. The van der Waals surface area contributed by atoms with E-state index < -0.39 is 0 Å². The molecule has 1 heterocycles. The standard InChI is InChI=1S/C9H20N2O.ClH/c1-11(2,12)8-5-9-3-6-10-7-4-9;/h9-10H,3-8H2,1-2H3;1H. The van der Waals surface area contributed by atoms with E-state index in [2.05, 4.69) is 5.32 Å². The van der Waals surface area contributed by atoms with E-state index in [1.807, 2.05) is 0 Å². The van der Waals surface area contributed by atoms with Crippen molar-refractivity contribution in [3.8, 4) is 0 Å². The van der Waals surface area contributed by atoms with Crippen molar-refractivity contribution in [1.29, 1.82) is 0 Å². The Hall–Kier alpha value is 0.170. The Morgan fingerprint density at radius 1 is 1.31 bits per heavy atom. The molecule has 13 heavy (non-hydrogen) atoms. The zero-order valence-electron chi connectivity index (χ0n) is 8.58. The highest BCUT2D eigenvalue weighted by atomic mass is 35.5. The van der Waals surface area contributed by atoms with E-state index in [4.69, 9.17) is 0 Å². The van der Waals surface area contributed by atoms with E-state index in [0.29, 0.717) is 0 Å². The monoisotopic (exact) mass is 208 g/mol. The molecule has 0 spiro atoms. The average molecular weight is 209 g/mol. The van der Waals surface area contributed by atoms with Gasteiger partial charge in [-0.1, -0.05) is 0 Å². The molecule has 0 aromatic heterocycles. The van der Waals surface area contributed by atoms with E-state index in [9.17, 15) is 5.21 Å². The summed E-state index contributed by atoms with van der Waals surface area (Å²) in [5.74, 6) is 0.789. The molecule has 0 unspecified atom stereocenters. The first-order valence-corrected chi connectivity index (χ1v) is 4.83. The molecule has 0 aromatic carbocycles. The van der Waals surface area contributed by atoms with Gasteiger partial charge in [0.2, 0.25) is 0 Å². The molecule has 0 amide bonds. The van der Waals surface area contributed by atoms with Gasteiger partial charge in [0.1, 0.15) is 0 Å². The largest absolute Gasteiger partial charge is 0.633 e. The minimum atomic E-state index is -0.135. The average Bonchev–Trinajstić information content (AvgIpc) is 2.02. The molecule has 1 rings (SSSR count). The van der Waals surface area contributed by atoms with E-state index in [1.165, 1.54) is 12.8 Å². The molecule has 4 heteroatoms. The summed E-state index contributed by atoms with van der Waals surface area (Å²) >= 11 is 0. The molecule has 1 aliphatic rings. The summed E-state index contributed by atoms with van der Waals surface area (Å²) in [4.78, 5) is 0. The predicted octanol–water partition coefficient (Wildman–Crippen LogP) is 1.37. The molecular weight excluding hydrogens is 188 g/mol. The number of nitrogens with one attached hydrogen (secondary N) is 1. The van der Waals surface area contributed by atoms with Crippen LogP contribution in [0.3, 0.4) is 0 Å². The summed E-state index contributed by atoms with van der Waals surface area (Å²) in [6.07, 6.45) is 3.60. The van der Waals surface area contributed by atoms with Crippen LogP contribution >= 0.6 is 12.4 Å². The molecule has 0 saturated carbocycles. The van der Waals surface area contributed by atoms with Crippen LogP contribution in [0.25, 0.3) is 0 Å². The van der Waals surface area contributed by atoms with E-state index >= 15 is 0 Å². The predicted molar refractivity (Wildman–Crippen MR) is 57.8 cm³/mol. The van der Waals surface area contributed by atoms with E-state index in [-0.39, 0.29) is 17.1 Å². The molecule has 1 fully saturated rings. The van der Waals surface area contributed by atoms with Crippen LogP contribution < -0.4 is 5.32 Å². The fourth-order valence-electron chi connectivity index (χ4n) is 1.66. The minimum Gasteiger partial charge on any atom is -0.633 e. The van der Waals surface area contributed by atoms with Crippen LogP contribution in [-0.2, 0) is 0 Å². The van der Waals surface area contributed by atoms with Gasteiger partial charge in [0.25, 0.3) is 0 Å². The lowest BCUT2D eigenvalue weighted by atomic mass is 9.94. The van der Waals surface area contributed by atoms with Gasteiger partial charge in [0.15, 0.2) is 0 Å². The second kappa shape index (κ2) is 5.81. The normalized spacial score (nSPS) is 19.6. The van der Waals surface area contributed by atoms with Gasteiger partial charge in [0.05, 0.1) is 20.6 Å². The summed E-state index contributed by atoms with van der Waals surface area (Å²) in [5, 5.41) is 14.6. The van der Waals surface area contributed by atoms with Crippen LogP contribution in [-0.4, -0.2) is 38.4 Å². The Labute approximate surface area is 87.1 Å². The van der Waals surface area contributed by atoms with Crippen molar-refractivity contribution in [1.82, 2.24) is 5.32 Å². The molecule has 1 aliphatic heterocycles. The van der Waals surface area contributed by atoms with Gasteiger partial charge in [-0.25, -0.2) is 0 Å². The summed E-state index contributed by atoms with van der Waals surface area (Å²) in [7, 11) is 3.45. The van der Waals surface area contributed by atoms with Crippen molar-refractivity contribution in [2.75, 3.05) is 33.7 Å². The SMILES string of the molecule is C[N+](C)([O-])CCC1CCNCC1.Cl. The van der Waals surface area contributed by atoms with Crippen molar-refractivity contribution in [3.63, 3.8) is 0 Å². The highest BCUT2D eigenvalue weighted by Gasteiger charge is 2.14. The molecule has 0 atom stereocenters. The molecule has 0 aromatic rings. The number of hydroxylamine groups is 3.